The third kappa shape index (κ3) is 4.51. The fraction of sp³-hybridized carbons (Fsp3) is 0.714. The van der Waals surface area contributed by atoms with Crippen molar-refractivity contribution >= 4 is 37.3 Å². The standard InChI is InChI=1S/C14H23BrN2O2S2/c1-10(11-6-4-3-5-7-11)17-21(18,19)13-8-12(9-16-2)20-14(13)15/h8,10-11,16-17H,3-7,9H2,1-2H3. The van der Waals surface area contributed by atoms with E-state index in [1.165, 1.54) is 30.6 Å². The smallest absolute Gasteiger partial charge is 0.242 e. The maximum atomic E-state index is 12.6. The van der Waals surface area contributed by atoms with Gasteiger partial charge in [-0.25, -0.2) is 13.1 Å². The minimum absolute atomic E-state index is 0.00477. The molecule has 4 nitrogen and oxygen atoms in total. The molecule has 0 radical (unpaired) electrons. The van der Waals surface area contributed by atoms with Gasteiger partial charge >= 0.3 is 0 Å². The summed E-state index contributed by atoms with van der Waals surface area (Å²) < 4.78 is 28.7. The van der Waals surface area contributed by atoms with Crippen LogP contribution in [0.3, 0.4) is 0 Å². The van der Waals surface area contributed by atoms with Crippen LogP contribution in [0.2, 0.25) is 0 Å². The molecule has 7 heteroatoms. The first-order chi connectivity index (χ1) is 9.94. The predicted octanol–water partition coefficient (Wildman–Crippen LogP) is 3.48. The van der Waals surface area contributed by atoms with Crippen molar-refractivity contribution in [1.29, 1.82) is 0 Å². The quantitative estimate of drug-likeness (QED) is 0.776. The second-order valence-electron chi connectivity index (χ2n) is 5.69. The molecule has 0 saturated heterocycles. The highest BCUT2D eigenvalue weighted by Crippen LogP contribution is 2.33. The Bertz CT molecular complexity index is 566. The first kappa shape index (κ1) is 17.4. The Morgan fingerprint density at radius 1 is 1.38 bits per heavy atom. The van der Waals surface area contributed by atoms with Gasteiger partial charge in [0.25, 0.3) is 0 Å². The summed E-state index contributed by atoms with van der Waals surface area (Å²) in [6.07, 6.45) is 5.95. The van der Waals surface area contributed by atoms with E-state index in [1.807, 2.05) is 14.0 Å². The van der Waals surface area contributed by atoms with Gasteiger partial charge in [-0.15, -0.1) is 11.3 Å². The molecular formula is C14H23BrN2O2S2. The number of halogens is 1. The lowest BCUT2D eigenvalue weighted by molar-refractivity contribution is 0.303. The molecule has 2 rings (SSSR count). The zero-order valence-electron chi connectivity index (χ0n) is 12.5. The molecule has 0 bridgehead atoms. The Labute approximate surface area is 139 Å². The molecule has 0 aromatic carbocycles. The van der Waals surface area contributed by atoms with Gasteiger partial charge in [0.05, 0.1) is 3.79 Å². The zero-order chi connectivity index (χ0) is 15.5. The lowest BCUT2D eigenvalue weighted by Gasteiger charge is -2.28. The summed E-state index contributed by atoms with van der Waals surface area (Å²) in [6, 6.07) is 1.75. The molecule has 1 unspecified atom stereocenters. The molecule has 1 aromatic heterocycles. The van der Waals surface area contributed by atoms with Crippen LogP contribution in [0.25, 0.3) is 0 Å². The molecular weight excluding hydrogens is 372 g/mol. The molecule has 1 aromatic rings. The Morgan fingerprint density at radius 3 is 2.67 bits per heavy atom. The van der Waals surface area contributed by atoms with Crippen LogP contribution in [0.5, 0.6) is 0 Å². The zero-order valence-corrected chi connectivity index (χ0v) is 15.7. The highest BCUT2D eigenvalue weighted by atomic mass is 79.9. The lowest BCUT2D eigenvalue weighted by Crippen LogP contribution is -2.38. The van der Waals surface area contributed by atoms with Gasteiger partial charge in [0.1, 0.15) is 4.90 Å². The maximum Gasteiger partial charge on any atom is 0.242 e. The number of rotatable bonds is 6. The second kappa shape index (κ2) is 7.55. The fourth-order valence-electron chi connectivity index (χ4n) is 2.88. The van der Waals surface area contributed by atoms with E-state index in [4.69, 9.17) is 0 Å². The number of thiophene rings is 1. The van der Waals surface area contributed by atoms with Gasteiger partial charge in [0.2, 0.25) is 10.0 Å². The van der Waals surface area contributed by atoms with E-state index in [0.717, 1.165) is 17.7 Å². The monoisotopic (exact) mass is 394 g/mol. The van der Waals surface area contributed by atoms with Crippen molar-refractivity contribution in [3.05, 3.63) is 14.7 Å². The van der Waals surface area contributed by atoms with E-state index in [2.05, 4.69) is 26.0 Å². The highest BCUT2D eigenvalue weighted by molar-refractivity contribution is 9.11. The molecule has 1 fully saturated rings. The minimum atomic E-state index is -3.45. The van der Waals surface area contributed by atoms with Crippen LogP contribution in [0.15, 0.2) is 14.7 Å². The molecule has 1 aliphatic carbocycles. The molecule has 1 saturated carbocycles. The van der Waals surface area contributed by atoms with Crippen molar-refractivity contribution in [3.63, 3.8) is 0 Å². The van der Waals surface area contributed by atoms with E-state index in [0.29, 0.717) is 21.1 Å². The van der Waals surface area contributed by atoms with Crippen LogP contribution in [-0.4, -0.2) is 21.5 Å². The van der Waals surface area contributed by atoms with Crippen LogP contribution in [0.4, 0.5) is 0 Å². The van der Waals surface area contributed by atoms with Crippen molar-refractivity contribution in [3.8, 4) is 0 Å². The van der Waals surface area contributed by atoms with Crippen molar-refractivity contribution < 1.29 is 8.42 Å². The molecule has 0 aliphatic heterocycles. The van der Waals surface area contributed by atoms with Gasteiger partial charge in [0.15, 0.2) is 0 Å². The van der Waals surface area contributed by atoms with E-state index in [1.54, 1.807) is 6.07 Å². The Kier molecular flexibility index (Phi) is 6.25. The fourth-order valence-corrected chi connectivity index (χ4v) is 6.89. The van der Waals surface area contributed by atoms with E-state index >= 15 is 0 Å². The lowest BCUT2D eigenvalue weighted by atomic mass is 9.85. The summed E-state index contributed by atoms with van der Waals surface area (Å²) in [5.41, 5.74) is 0. The average Bonchev–Trinajstić information content (AvgIpc) is 2.81. The summed E-state index contributed by atoms with van der Waals surface area (Å²) in [6.45, 7) is 2.67. The summed E-state index contributed by atoms with van der Waals surface area (Å²) >= 11 is 4.84. The van der Waals surface area contributed by atoms with Crippen molar-refractivity contribution in [1.82, 2.24) is 10.0 Å². The summed E-state index contributed by atoms with van der Waals surface area (Å²) in [5.74, 6) is 0.461. The largest absolute Gasteiger partial charge is 0.315 e. The first-order valence-corrected chi connectivity index (χ1v) is 10.5. The Hall–Kier alpha value is 0.0500. The van der Waals surface area contributed by atoms with Gasteiger partial charge in [-0.1, -0.05) is 19.3 Å². The normalized spacial score (nSPS) is 18.8. The summed E-state index contributed by atoms with van der Waals surface area (Å²) in [7, 11) is -1.60. The number of nitrogens with one attached hydrogen (secondary N) is 2. The van der Waals surface area contributed by atoms with Crippen LogP contribution < -0.4 is 10.0 Å². The van der Waals surface area contributed by atoms with Crippen molar-refractivity contribution in [2.24, 2.45) is 5.92 Å². The number of sulfonamides is 1. The average molecular weight is 395 g/mol. The second-order valence-corrected chi connectivity index (χ2v) is 9.83. The topological polar surface area (TPSA) is 58.2 Å². The molecule has 0 amide bonds. The molecule has 1 heterocycles. The van der Waals surface area contributed by atoms with Gasteiger partial charge < -0.3 is 5.32 Å². The SMILES string of the molecule is CNCc1cc(S(=O)(=O)NC(C)C2CCCCC2)c(Br)s1. The van der Waals surface area contributed by atoms with E-state index in [9.17, 15) is 8.42 Å². The van der Waals surface area contributed by atoms with Gasteiger partial charge in [-0.2, -0.15) is 0 Å². The summed E-state index contributed by atoms with van der Waals surface area (Å²) in [4.78, 5) is 1.37. The van der Waals surface area contributed by atoms with Gasteiger partial charge in [0, 0.05) is 17.5 Å². The molecule has 21 heavy (non-hydrogen) atoms. The van der Waals surface area contributed by atoms with Crippen LogP contribution in [0, 0.1) is 5.92 Å². The molecule has 120 valence electrons. The molecule has 2 N–H and O–H groups in total. The van der Waals surface area contributed by atoms with Crippen molar-refractivity contribution in [2.45, 2.75) is 56.5 Å². The molecule has 1 aliphatic rings. The third-order valence-electron chi connectivity index (χ3n) is 4.05. The van der Waals surface area contributed by atoms with Gasteiger partial charge in [-0.05, 0) is 54.7 Å². The third-order valence-corrected chi connectivity index (χ3v) is 7.86. The van der Waals surface area contributed by atoms with E-state index < -0.39 is 10.0 Å². The first-order valence-electron chi connectivity index (χ1n) is 7.39. The van der Waals surface area contributed by atoms with Crippen LogP contribution >= 0.6 is 27.3 Å². The van der Waals surface area contributed by atoms with Crippen LogP contribution in [-0.2, 0) is 16.6 Å². The van der Waals surface area contributed by atoms with E-state index in [-0.39, 0.29) is 6.04 Å². The Balaban J connectivity index is 2.10. The number of hydrogen-bond acceptors (Lipinski definition) is 4. The predicted molar refractivity (Wildman–Crippen MR) is 91.1 cm³/mol. The highest BCUT2D eigenvalue weighted by Gasteiger charge is 2.27. The maximum absolute atomic E-state index is 12.6. The van der Waals surface area contributed by atoms with Gasteiger partial charge in [-0.3, -0.25) is 0 Å². The number of hydrogen-bond donors (Lipinski definition) is 2. The van der Waals surface area contributed by atoms with Crippen molar-refractivity contribution in [2.75, 3.05) is 7.05 Å². The summed E-state index contributed by atoms with van der Waals surface area (Å²) in [5, 5.41) is 3.04. The van der Waals surface area contributed by atoms with Crippen LogP contribution in [0.1, 0.15) is 43.9 Å². The molecule has 1 atom stereocenters. The minimum Gasteiger partial charge on any atom is -0.315 e. The molecule has 0 spiro atoms. The Morgan fingerprint density at radius 2 is 2.05 bits per heavy atom.